The van der Waals surface area contributed by atoms with Crippen LogP contribution in [0, 0.1) is 6.92 Å². The molecule has 0 spiro atoms. The van der Waals surface area contributed by atoms with Gasteiger partial charge >= 0.3 is 0 Å². The van der Waals surface area contributed by atoms with Gasteiger partial charge in [0.25, 0.3) is 0 Å². The zero-order valence-electron chi connectivity index (χ0n) is 14.7. The molecule has 2 aromatic carbocycles. The summed E-state index contributed by atoms with van der Waals surface area (Å²) < 4.78 is 26.5. The molecule has 6 heteroatoms. The predicted molar refractivity (Wildman–Crippen MR) is 103 cm³/mol. The van der Waals surface area contributed by atoms with Crippen LogP contribution in [0.15, 0.2) is 59.5 Å². The molecule has 1 fully saturated rings. The van der Waals surface area contributed by atoms with Crippen LogP contribution < -0.4 is 5.32 Å². The Kier molecular flexibility index (Phi) is 5.54. The molecule has 0 saturated carbocycles. The highest BCUT2D eigenvalue weighted by molar-refractivity contribution is 7.89. The SMILES string of the molecule is Cc1ccc(/C=C/C(=O)Nc2ccc(S(=O)(=O)N3CCCC3)cc2)cc1. The highest BCUT2D eigenvalue weighted by Crippen LogP contribution is 2.22. The second kappa shape index (κ2) is 7.85. The predicted octanol–water partition coefficient (Wildman–Crippen LogP) is 3.43. The Morgan fingerprint density at radius 1 is 1.00 bits per heavy atom. The van der Waals surface area contributed by atoms with Crippen LogP contribution in [0.1, 0.15) is 24.0 Å². The van der Waals surface area contributed by atoms with Crippen LogP contribution in [0.5, 0.6) is 0 Å². The van der Waals surface area contributed by atoms with Crippen LogP contribution in [0.4, 0.5) is 5.69 Å². The Labute approximate surface area is 154 Å². The monoisotopic (exact) mass is 370 g/mol. The van der Waals surface area contributed by atoms with Crippen molar-refractivity contribution in [2.24, 2.45) is 0 Å². The summed E-state index contributed by atoms with van der Waals surface area (Å²) in [5.74, 6) is -0.263. The number of carbonyl (C=O) groups is 1. The Morgan fingerprint density at radius 3 is 2.23 bits per heavy atom. The smallest absolute Gasteiger partial charge is 0.248 e. The van der Waals surface area contributed by atoms with Gasteiger partial charge in [0.1, 0.15) is 0 Å². The van der Waals surface area contributed by atoms with E-state index in [4.69, 9.17) is 0 Å². The molecule has 0 atom stereocenters. The van der Waals surface area contributed by atoms with E-state index in [2.05, 4.69) is 5.32 Å². The lowest BCUT2D eigenvalue weighted by Crippen LogP contribution is -2.27. The van der Waals surface area contributed by atoms with Crippen molar-refractivity contribution in [3.63, 3.8) is 0 Å². The molecule has 1 aliphatic rings. The quantitative estimate of drug-likeness (QED) is 0.820. The van der Waals surface area contributed by atoms with Crippen molar-refractivity contribution >= 4 is 27.7 Å². The number of anilines is 1. The standard InChI is InChI=1S/C20H22N2O3S/c1-16-4-6-17(7-5-16)8-13-20(23)21-18-9-11-19(12-10-18)26(24,25)22-14-2-3-15-22/h4-13H,2-3,14-15H2,1H3,(H,21,23)/b13-8+. The van der Waals surface area contributed by atoms with Crippen LogP contribution in [-0.2, 0) is 14.8 Å². The molecule has 0 radical (unpaired) electrons. The minimum Gasteiger partial charge on any atom is -0.323 e. The highest BCUT2D eigenvalue weighted by Gasteiger charge is 2.26. The number of nitrogens with one attached hydrogen (secondary N) is 1. The summed E-state index contributed by atoms with van der Waals surface area (Å²) >= 11 is 0. The van der Waals surface area contributed by atoms with Gasteiger partial charge in [-0.25, -0.2) is 8.42 Å². The molecule has 136 valence electrons. The summed E-state index contributed by atoms with van der Waals surface area (Å²) in [5, 5.41) is 2.74. The van der Waals surface area contributed by atoms with Crippen molar-refractivity contribution in [2.75, 3.05) is 18.4 Å². The van der Waals surface area contributed by atoms with E-state index in [1.807, 2.05) is 31.2 Å². The van der Waals surface area contributed by atoms with E-state index >= 15 is 0 Å². The van der Waals surface area contributed by atoms with E-state index in [0.29, 0.717) is 18.8 Å². The molecule has 0 aliphatic carbocycles. The summed E-state index contributed by atoms with van der Waals surface area (Å²) in [7, 11) is -3.43. The lowest BCUT2D eigenvalue weighted by Gasteiger charge is -2.15. The fraction of sp³-hybridized carbons (Fsp3) is 0.250. The Bertz CT molecular complexity index is 895. The van der Waals surface area contributed by atoms with Gasteiger partial charge in [-0.2, -0.15) is 4.31 Å². The molecule has 5 nitrogen and oxygen atoms in total. The molecular weight excluding hydrogens is 348 g/mol. The second-order valence-electron chi connectivity index (χ2n) is 6.37. The van der Waals surface area contributed by atoms with E-state index in [1.165, 1.54) is 22.5 Å². The maximum absolute atomic E-state index is 12.5. The lowest BCUT2D eigenvalue weighted by atomic mass is 10.1. The first-order chi connectivity index (χ1) is 12.4. The van der Waals surface area contributed by atoms with Crippen LogP contribution in [0.25, 0.3) is 6.08 Å². The third-order valence-electron chi connectivity index (χ3n) is 4.33. The summed E-state index contributed by atoms with van der Waals surface area (Å²) in [5.41, 5.74) is 2.66. The molecule has 1 heterocycles. The molecule has 1 amide bonds. The zero-order valence-corrected chi connectivity index (χ0v) is 15.5. The zero-order chi connectivity index (χ0) is 18.6. The van der Waals surface area contributed by atoms with E-state index < -0.39 is 10.0 Å². The maximum Gasteiger partial charge on any atom is 0.248 e. The number of nitrogens with zero attached hydrogens (tertiary/aromatic N) is 1. The Hall–Kier alpha value is -2.44. The molecule has 0 aromatic heterocycles. The van der Waals surface area contributed by atoms with Crippen LogP contribution >= 0.6 is 0 Å². The largest absolute Gasteiger partial charge is 0.323 e. The van der Waals surface area contributed by atoms with Gasteiger partial charge in [0.2, 0.25) is 15.9 Å². The topological polar surface area (TPSA) is 66.5 Å². The average Bonchev–Trinajstić information content (AvgIpc) is 3.17. The summed E-state index contributed by atoms with van der Waals surface area (Å²) in [6, 6.07) is 14.1. The first kappa shape index (κ1) is 18.4. The van der Waals surface area contributed by atoms with Gasteiger partial charge in [0, 0.05) is 24.9 Å². The summed E-state index contributed by atoms with van der Waals surface area (Å²) in [6.07, 6.45) is 5.00. The van der Waals surface area contributed by atoms with E-state index in [0.717, 1.165) is 24.0 Å². The van der Waals surface area contributed by atoms with Crippen molar-refractivity contribution in [2.45, 2.75) is 24.7 Å². The van der Waals surface area contributed by atoms with Gasteiger partial charge in [0.05, 0.1) is 4.90 Å². The van der Waals surface area contributed by atoms with Crippen LogP contribution in [0.3, 0.4) is 0 Å². The van der Waals surface area contributed by atoms with Gasteiger partial charge in [-0.3, -0.25) is 4.79 Å². The van der Waals surface area contributed by atoms with Crippen molar-refractivity contribution in [3.05, 3.63) is 65.7 Å². The average molecular weight is 370 g/mol. The Morgan fingerprint density at radius 2 is 1.62 bits per heavy atom. The first-order valence-electron chi connectivity index (χ1n) is 8.61. The molecule has 1 N–H and O–H groups in total. The molecular formula is C20H22N2O3S. The number of sulfonamides is 1. The van der Waals surface area contributed by atoms with Crippen LogP contribution in [0.2, 0.25) is 0 Å². The minimum absolute atomic E-state index is 0.257. The van der Waals surface area contributed by atoms with Gasteiger partial charge in [-0.05, 0) is 55.7 Å². The van der Waals surface area contributed by atoms with Crippen molar-refractivity contribution in [1.82, 2.24) is 4.31 Å². The van der Waals surface area contributed by atoms with Gasteiger partial charge in [0.15, 0.2) is 0 Å². The van der Waals surface area contributed by atoms with Crippen LogP contribution in [-0.4, -0.2) is 31.7 Å². The molecule has 1 aliphatic heterocycles. The van der Waals surface area contributed by atoms with Gasteiger partial charge < -0.3 is 5.32 Å². The second-order valence-corrected chi connectivity index (χ2v) is 8.31. The van der Waals surface area contributed by atoms with Crippen molar-refractivity contribution in [3.8, 4) is 0 Å². The third-order valence-corrected chi connectivity index (χ3v) is 6.24. The maximum atomic E-state index is 12.5. The van der Waals surface area contributed by atoms with Crippen molar-refractivity contribution in [1.29, 1.82) is 0 Å². The molecule has 26 heavy (non-hydrogen) atoms. The fourth-order valence-corrected chi connectivity index (χ4v) is 4.34. The van der Waals surface area contributed by atoms with Gasteiger partial charge in [-0.1, -0.05) is 29.8 Å². The lowest BCUT2D eigenvalue weighted by molar-refractivity contribution is -0.111. The molecule has 3 rings (SSSR count). The third kappa shape index (κ3) is 4.39. The molecule has 2 aromatic rings. The minimum atomic E-state index is -3.43. The van der Waals surface area contributed by atoms with E-state index in [-0.39, 0.29) is 10.8 Å². The first-order valence-corrected chi connectivity index (χ1v) is 10.1. The molecule has 0 bridgehead atoms. The van der Waals surface area contributed by atoms with Gasteiger partial charge in [-0.15, -0.1) is 0 Å². The number of hydrogen-bond donors (Lipinski definition) is 1. The summed E-state index contributed by atoms with van der Waals surface area (Å²) in [6.45, 7) is 3.16. The number of rotatable bonds is 5. The number of benzene rings is 2. The van der Waals surface area contributed by atoms with E-state index in [1.54, 1.807) is 18.2 Å². The van der Waals surface area contributed by atoms with Crippen molar-refractivity contribution < 1.29 is 13.2 Å². The number of hydrogen-bond acceptors (Lipinski definition) is 3. The molecule has 1 saturated heterocycles. The Balaban J connectivity index is 1.63. The fourth-order valence-electron chi connectivity index (χ4n) is 2.82. The summed E-state index contributed by atoms with van der Waals surface area (Å²) in [4.78, 5) is 12.3. The van der Waals surface area contributed by atoms with E-state index in [9.17, 15) is 13.2 Å². The number of carbonyl (C=O) groups excluding carboxylic acids is 1. The highest BCUT2D eigenvalue weighted by atomic mass is 32.2. The molecule has 0 unspecified atom stereocenters. The number of aryl methyl sites for hydroxylation is 1. The number of amides is 1. The normalized spacial score (nSPS) is 15.4.